The van der Waals surface area contributed by atoms with Gasteiger partial charge in [0.25, 0.3) is 5.91 Å². The highest BCUT2D eigenvalue weighted by Gasteiger charge is 2.38. The number of rotatable bonds is 4. The van der Waals surface area contributed by atoms with Crippen molar-refractivity contribution in [2.75, 3.05) is 26.8 Å². The van der Waals surface area contributed by atoms with Crippen LogP contribution in [0.5, 0.6) is 0 Å². The standard InChI is InChI=1S/C21H36N4O3/c1-14-12-16-17(15(2)28-14)22-25(10-11-27-7)18(16)19(26)24-9-8-20(3,4)23-21(5,6)13-24/h14-15,23H,8-13H2,1-7H3/t14-,15+/m0/s1. The summed E-state index contributed by atoms with van der Waals surface area (Å²) in [6.07, 6.45) is 1.60. The van der Waals surface area contributed by atoms with Crippen LogP contribution >= 0.6 is 0 Å². The van der Waals surface area contributed by atoms with Gasteiger partial charge in [0.15, 0.2) is 0 Å². The van der Waals surface area contributed by atoms with E-state index in [9.17, 15) is 4.79 Å². The average Bonchev–Trinajstić information content (AvgIpc) is 2.87. The third-order valence-corrected chi connectivity index (χ3v) is 5.66. The zero-order chi connectivity index (χ0) is 20.7. The molecular weight excluding hydrogens is 356 g/mol. The SMILES string of the molecule is COCCn1nc2c(c1C(=O)N1CCC(C)(C)NC(C)(C)C1)C[C@H](C)O[C@@H]2C. The van der Waals surface area contributed by atoms with Crippen molar-refractivity contribution in [1.29, 1.82) is 0 Å². The number of nitrogens with zero attached hydrogens (tertiary/aromatic N) is 3. The first-order chi connectivity index (χ1) is 13.0. The van der Waals surface area contributed by atoms with Crippen LogP contribution in [0.2, 0.25) is 0 Å². The molecule has 1 saturated heterocycles. The molecule has 2 aliphatic rings. The molecule has 3 rings (SSSR count). The van der Waals surface area contributed by atoms with Crippen molar-refractivity contribution < 1.29 is 14.3 Å². The Balaban J connectivity index is 1.98. The summed E-state index contributed by atoms with van der Waals surface area (Å²) < 4.78 is 13.0. The van der Waals surface area contributed by atoms with Gasteiger partial charge in [-0.25, -0.2) is 0 Å². The average molecular weight is 393 g/mol. The molecule has 1 N–H and O–H groups in total. The van der Waals surface area contributed by atoms with E-state index in [1.807, 2.05) is 16.5 Å². The third kappa shape index (κ3) is 4.42. The van der Waals surface area contributed by atoms with E-state index in [2.05, 4.69) is 39.9 Å². The van der Waals surface area contributed by atoms with Gasteiger partial charge < -0.3 is 19.7 Å². The monoisotopic (exact) mass is 392 g/mol. The van der Waals surface area contributed by atoms with Crippen LogP contribution in [0.3, 0.4) is 0 Å². The minimum Gasteiger partial charge on any atom is -0.383 e. The van der Waals surface area contributed by atoms with Gasteiger partial charge >= 0.3 is 0 Å². The van der Waals surface area contributed by atoms with Crippen LogP contribution in [-0.2, 0) is 22.4 Å². The quantitative estimate of drug-likeness (QED) is 0.853. The van der Waals surface area contributed by atoms with E-state index in [1.54, 1.807) is 7.11 Å². The van der Waals surface area contributed by atoms with Crippen molar-refractivity contribution in [2.45, 2.75) is 84.2 Å². The Bertz CT molecular complexity index is 725. The highest BCUT2D eigenvalue weighted by atomic mass is 16.5. The first-order valence-electron chi connectivity index (χ1n) is 10.4. The molecule has 0 aromatic carbocycles. The molecule has 0 aliphatic carbocycles. The lowest BCUT2D eigenvalue weighted by molar-refractivity contribution is -0.00721. The van der Waals surface area contributed by atoms with Crippen LogP contribution in [0.15, 0.2) is 0 Å². The van der Waals surface area contributed by atoms with Crippen LogP contribution in [0.1, 0.15) is 75.8 Å². The minimum absolute atomic E-state index is 0.00881. The number of aromatic nitrogens is 2. The van der Waals surface area contributed by atoms with Crippen molar-refractivity contribution in [3.63, 3.8) is 0 Å². The summed E-state index contributed by atoms with van der Waals surface area (Å²) >= 11 is 0. The Hall–Kier alpha value is -1.44. The molecule has 0 radical (unpaired) electrons. The van der Waals surface area contributed by atoms with Crippen molar-refractivity contribution in [2.24, 2.45) is 0 Å². The fourth-order valence-corrected chi connectivity index (χ4v) is 4.68. The normalized spacial score (nSPS) is 26.6. The van der Waals surface area contributed by atoms with Crippen LogP contribution < -0.4 is 5.32 Å². The van der Waals surface area contributed by atoms with Crippen LogP contribution in [-0.4, -0.2) is 64.6 Å². The molecule has 1 amide bonds. The molecule has 28 heavy (non-hydrogen) atoms. The maximum absolute atomic E-state index is 13.7. The Morgan fingerprint density at radius 2 is 2.00 bits per heavy atom. The highest BCUT2D eigenvalue weighted by Crippen LogP contribution is 2.33. The van der Waals surface area contributed by atoms with Crippen molar-refractivity contribution in [1.82, 2.24) is 20.0 Å². The lowest BCUT2D eigenvalue weighted by Crippen LogP contribution is -2.54. The number of fused-ring (bicyclic) bond motifs is 1. The van der Waals surface area contributed by atoms with Crippen LogP contribution in [0, 0.1) is 0 Å². The lowest BCUT2D eigenvalue weighted by Gasteiger charge is -2.34. The fraction of sp³-hybridized carbons (Fsp3) is 0.810. The van der Waals surface area contributed by atoms with E-state index in [0.717, 1.165) is 24.2 Å². The largest absolute Gasteiger partial charge is 0.383 e. The van der Waals surface area contributed by atoms with Gasteiger partial charge in [-0.15, -0.1) is 0 Å². The second-order valence-corrected chi connectivity index (χ2v) is 9.59. The van der Waals surface area contributed by atoms with E-state index in [0.29, 0.717) is 31.8 Å². The molecule has 158 valence electrons. The lowest BCUT2D eigenvalue weighted by atomic mass is 9.96. The second kappa shape index (κ2) is 7.76. The molecule has 1 aromatic heterocycles. The highest BCUT2D eigenvalue weighted by molar-refractivity contribution is 5.94. The summed E-state index contributed by atoms with van der Waals surface area (Å²) in [5, 5.41) is 8.45. The topological polar surface area (TPSA) is 68.6 Å². The summed E-state index contributed by atoms with van der Waals surface area (Å²) in [5.74, 6) is 0.0683. The number of methoxy groups -OCH3 is 1. The summed E-state index contributed by atoms with van der Waals surface area (Å²) in [5.41, 5.74) is 2.48. The number of carbonyl (C=O) groups excluding carboxylic acids is 1. The molecule has 0 spiro atoms. The van der Waals surface area contributed by atoms with Crippen LogP contribution in [0.25, 0.3) is 0 Å². The minimum atomic E-state index is -0.156. The maximum atomic E-state index is 13.7. The Morgan fingerprint density at radius 1 is 1.29 bits per heavy atom. The first kappa shape index (κ1) is 21.3. The summed E-state index contributed by atoms with van der Waals surface area (Å²) in [6, 6.07) is 0. The number of nitrogens with one attached hydrogen (secondary N) is 1. The number of hydrogen-bond donors (Lipinski definition) is 1. The Morgan fingerprint density at radius 3 is 2.68 bits per heavy atom. The zero-order valence-electron chi connectivity index (χ0n) is 18.5. The summed E-state index contributed by atoms with van der Waals surface area (Å²) in [6.45, 7) is 15.3. The molecule has 0 unspecified atom stereocenters. The molecule has 1 fully saturated rings. The van der Waals surface area contributed by atoms with Gasteiger partial charge in [0.1, 0.15) is 5.69 Å². The van der Waals surface area contributed by atoms with E-state index in [-0.39, 0.29) is 29.2 Å². The summed E-state index contributed by atoms with van der Waals surface area (Å²) in [7, 11) is 1.67. The van der Waals surface area contributed by atoms with Crippen LogP contribution in [0.4, 0.5) is 0 Å². The number of ether oxygens (including phenoxy) is 2. The maximum Gasteiger partial charge on any atom is 0.272 e. The molecule has 2 aliphatic heterocycles. The molecule has 1 aromatic rings. The van der Waals surface area contributed by atoms with Gasteiger partial charge in [0.2, 0.25) is 0 Å². The molecule has 3 heterocycles. The number of carbonyl (C=O) groups is 1. The van der Waals surface area contributed by atoms with Gasteiger partial charge in [-0.1, -0.05) is 0 Å². The fourth-order valence-electron chi connectivity index (χ4n) is 4.68. The Kier molecular flexibility index (Phi) is 5.90. The van der Waals surface area contributed by atoms with Crippen molar-refractivity contribution >= 4 is 5.91 Å². The third-order valence-electron chi connectivity index (χ3n) is 5.66. The predicted octanol–water partition coefficient (Wildman–Crippen LogP) is 2.54. The predicted molar refractivity (Wildman–Crippen MR) is 109 cm³/mol. The van der Waals surface area contributed by atoms with Gasteiger partial charge in [0, 0.05) is 43.3 Å². The molecule has 0 bridgehead atoms. The molecule has 2 atom stereocenters. The zero-order valence-corrected chi connectivity index (χ0v) is 18.5. The summed E-state index contributed by atoms with van der Waals surface area (Å²) in [4.78, 5) is 15.7. The van der Waals surface area contributed by atoms with E-state index < -0.39 is 0 Å². The molecule has 7 nitrogen and oxygen atoms in total. The van der Waals surface area contributed by atoms with E-state index in [4.69, 9.17) is 14.6 Å². The van der Waals surface area contributed by atoms with E-state index in [1.165, 1.54) is 0 Å². The van der Waals surface area contributed by atoms with Gasteiger partial charge in [-0.05, 0) is 48.0 Å². The van der Waals surface area contributed by atoms with E-state index >= 15 is 0 Å². The molecular formula is C21H36N4O3. The Labute approximate surface area is 168 Å². The number of amides is 1. The van der Waals surface area contributed by atoms with Gasteiger partial charge in [0.05, 0.1) is 31.1 Å². The second-order valence-electron chi connectivity index (χ2n) is 9.59. The van der Waals surface area contributed by atoms with Gasteiger partial charge in [-0.2, -0.15) is 5.10 Å². The van der Waals surface area contributed by atoms with Gasteiger partial charge in [-0.3, -0.25) is 9.48 Å². The first-order valence-corrected chi connectivity index (χ1v) is 10.4. The number of hydrogen-bond acceptors (Lipinski definition) is 5. The van der Waals surface area contributed by atoms with Crippen molar-refractivity contribution in [3.8, 4) is 0 Å². The molecule has 0 saturated carbocycles. The van der Waals surface area contributed by atoms with Crippen molar-refractivity contribution in [3.05, 3.63) is 17.0 Å². The molecule has 7 heteroatoms. The smallest absolute Gasteiger partial charge is 0.272 e.